The van der Waals surface area contributed by atoms with Gasteiger partial charge in [0.05, 0.1) is 0 Å². The minimum Gasteiger partial charge on any atom is -0.458 e. The number of allylic oxidation sites excluding steroid dienone is 2. The van der Waals surface area contributed by atoms with Gasteiger partial charge in [0.15, 0.2) is 0 Å². The van der Waals surface area contributed by atoms with Gasteiger partial charge in [0, 0.05) is 24.2 Å². The highest BCUT2D eigenvalue weighted by Gasteiger charge is 2.61. The highest BCUT2D eigenvalue weighted by molar-refractivity contribution is 5.87. The Kier molecular flexibility index (Phi) is 4.29. The van der Waals surface area contributed by atoms with E-state index in [2.05, 4.69) is 40.3 Å². The fourth-order valence-corrected chi connectivity index (χ4v) is 5.85. The molecule has 0 spiro atoms. The summed E-state index contributed by atoms with van der Waals surface area (Å²) >= 11 is 0. The molecule has 2 saturated carbocycles. The Morgan fingerprint density at radius 2 is 1.96 bits per heavy atom. The number of carbonyl (C=O) groups is 2. The fourth-order valence-electron chi connectivity index (χ4n) is 5.85. The molecule has 0 amide bonds. The molecular weight excluding hydrogens is 312 g/mol. The maximum absolute atomic E-state index is 13.1. The second kappa shape index (κ2) is 5.82. The lowest BCUT2D eigenvalue weighted by Crippen LogP contribution is -2.58. The van der Waals surface area contributed by atoms with E-state index in [9.17, 15) is 9.59 Å². The predicted octanol–water partition coefficient (Wildman–Crippen LogP) is 4.86. The number of Topliss-reactive ketones (excluding diaryl/α,β-unsaturated/α-hetero) is 1. The molecule has 3 aliphatic rings. The van der Waals surface area contributed by atoms with Crippen LogP contribution < -0.4 is 0 Å². The smallest absolute Gasteiger partial charge is 0.303 e. The van der Waals surface area contributed by atoms with Crippen LogP contribution in [0.3, 0.4) is 0 Å². The normalized spacial score (nSPS) is 42.7. The average molecular weight is 344 g/mol. The lowest BCUT2D eigenvalue weighted by molar-refractivity contribution is -0.162. The molecule has 0 aliphatic heterocycles. The maximum atomic E-state index is 13.1. The van der Waals surface area contributed by atoms with E-state index in [-0.39, 0.29) is 40.2 Å². The molecule has 3 nitrogen and oxygen atoms in total. The van der Waals surface area contributed by atoms with E-state index in [1.165, 1.54) is 6.92 Å². The summed E-state index contributed by atoms with van der Waals surface area (Å²) in [6.45, 7) is 14.4. The van der Waals surface area contributed by atoms with Crippen LogP contribution in [0.25, 0.3) is 0 Å². The minimum atomic E-state index is -0.341. The molecule has 0 heterocycles. The summed E-state index contributed by atoms with van der Waals surface area (Å²) in [5.74, 6) is 0.590. The Hall–Kier alpha value is -1.38. The standard InChI is InChI=1S/C22H32O3/c1-7-21(5)11-8-16-15(13-21)17(25-14(2)23)12-18-20(3,4)10-9-19(24)22(16,18)6/h7,13,16-18H,1,8-12H2,2-6H3. The van der Waals surface area contributed by atoms with Crippen LogP contribution in [0.5, 0.6) is 0 Å². The zero-order valence-electron chi connectivity index (χ0n) is 16.4. The average Bonchev–Trinajstić information content (AvgIpc) is 2.53. The number of carbonyl (C=O) groups excluding carboxylic acids is 2. The summed E-state index contributed by atoms with van der Waals surface area (Å²) in [6.07, 6.45) is 8.33. The Labute approximate surface area is 151 Å². The second-order valence-corrected chi connectivity index (χ2v) is 9.53. The van der Waals surface area contributed by atoms with E-state index in [4.69, 9.17) is 4.74 Å². The van der Waals surface area contributed by atoms with E-state index >= 15 is 0 Å². The van der Waals surface area contributed by atoms with Gasteiger partial charge in [-0.3, -0.25) is 9.59 Å². The summed E-state index contributed by atoms with van der Waals surface area (Å²) < 4.78 is 5.77. The molecule has 0 saturated heterocycles. The molecule has 2 fully saturated rings. The number of esters is 1. The van der Waals surface area contributed by atoms with Crippen LogP contribution in [0.2, 0.25) is 0 Å². The molecule has 25 heavy (non-hydrogen) atoms. The first-order chi connectivity index (χ1) is 11.5. The fraction of sp³-hybridized carbons (Fsp3) is 0.727. The third-order valence-corrected chi connectivity index (χ3v) is 7.45. The van der Waals surface area contributed by atoms with Gasteiger partial charge in [0.2, 0.25) is 0 Å². The molecular formula is C22H32O3. The molecule has 138 valence electrons. The van der Waals surface area contributed by atoms with Crippen LogP contribution in [0.15, 0.2) is 24.3 Å². The van der Waals surface area contributed by atoms with Crippen molar-refractivity contribution < 1.29 is 14.3 Å². The van der Waals surface area contributed by atoms with Crippen molar-refractivity contribution in [3.8, 4) is 0 Å². The summed E-state index contributed by atoms with van der Waals surface area (Å²) in [6, 6.07) is 0. The van der Waals surface area contributed by atoms with E-state index in [0.29, 0.717) is 12.2 Å². The third-order valence-electron chi connectivity index (χ3n) is 7.45. The number of hydrogen-bond acceptors (Lipinski definition) is 3. The van der Waals surface area contributed by atoms with Crippen molar-refractivity contribution in [1.82, 2.24) is 0 Å². The van der Waals surface area contributed by atoms with Crippen molar-refractivity contribution in [2.75, 3.05) is 0 Å². The molecule has 0 N–H and O–H groups in total. The van der Waals surface area contributed by atoms with Gasteiger partial charge in [-0.05, 0) is 48.5 Å². The molecule has 3 aliphatic carbocycles. The molecule has 0 radical (unpaired) electrons. The van der Waals surface area contributed by atoms with Crippen molar-refractivity contribution in [3.05, 3.63) is 24.3 Å². The lowest BCUT2D eigenvalue weighted by Gasteiger charge is -2.59. The van der Waals surface area contributed by atoms with E-state index in [0.717, 1.165) is 31.3 Å². The van der Waals surface area contributed by atoms with Crippen LogP contribution in [0.1, 0.15) is 66.7 Å². The number of rotatable bonds is 2. The van der Waals surface area contributed by atoms with Gasteiger partial charge in [-0.2, -0.15) is 0 Å². The molecule has 0 aromatic rings. The summed E-state index contributed by atoms with van der Waals surface area (Å²) in [5.41, 5.74) is 0.827. The van der Waals surface area contributed by atoms with Crippen LogP contribution in [0, 0.1) is 28.1 Å². The SMILES string of the molecule is C=CC1(C)C=C2C(OC(C)=O)CC3C(C)(C)CCC(=O)C3(C)C2CC1. The number of ether oxygens (including phenoxy) is 1. The molecule has 0 bridgehead atoms. The number of fused-ring (bicyclic) bond motifs is 3. The second-order valence-electron chi connectivity index (χ2n) is 9.53. The first kappa shape index (κ1) is 18.4. The van der Waals surface area contributed by atoms with Crippen LogP contribution >= 0.6 is 0 Å². The van der Waals surface area contributed by atoms with Gasteiger partial charge < -0.3 is 4.74 Å². The Morgan fingerprint density at radius 3 is 2.56 bits per heavy atom. The summed E-state index contributed by atoms with van der Waals surface area (Å²) in [5, 5.41) is 0. The minimum absolute atomic E-state index is 0.0827. The van der Waals surface area contributed by atoms with Gasteiger partial charge in [0.25, 0.3) is 0 Å². The zero-order valence-corrected chi connectivity index (χ0v) is 16.4. The summed E-state index contributed by atoms with van der Waals surface area (Å²) in [4.78, 5) is 24.8. The molecule has 5 unspecified atom stereocenters. The highest BCUT2D eigenvalue weighted by atomic mass is 16.5. The van der Waals surface area contributed by atoms with Crippen molar-refractivity contribution in [2.24, 2.45) is 28.1 Å². The molecule has 5 atom stereocenters. The number of ketones is 1. The first-order valence-corrected chi connectivity index (χ1v) is 9.60. The van der Waals surface area contributed by atoms with Crippen molar-refractivity contribution >= 4 is 11.8 Å². The first-order valence-electron chi connectivity index (χ1n) is 9.60. The predicted molar refractivity (Wildman–Crippen MR) is 98.9 cm³/mol. The molecule has 3 heteroatoms. The van der Waals surface area contributed by atoms with Gasteiger partial charge in [-0.25, -0.2) is 0 Å². The van der Waals surface area contributed by atoms with Gasteiger partial charge in [0.1, 0.15) is 11.9 Å². The van der Waals surface area contributed by atoms with E-state index in [1.807, 2.05) is 6.08 Å². The Morgan fingerprint density at radius 1 is 1.28 bits per heavy atom. The topological polar surface area (TPSA) is 43.4 Å². The summed E-state index contributed by atoms with van der Waals surface area (Å²) in [7, 11) is 0. The molecule has 3 rings (SSSR count). The van der Waals surface area contributed by atoms with Crippen LogP contribution in [-0.4, -0.2) is 17.9 Å². The van der Waals surface area contributed by atoms with Crippen molar-refractivity contribution in [3.63, 3.8) is 0 Å². The quantitative estimate of drug-likeness (QED) is 0.530. The Balaban J connectivity index is 2.12. The van der Waals surface area contributed by atoms with Gasteiger partial charge >= 0.3 is 5.97 Å². The Bertz CT molecular complexity index is 644. The van der Waals surface area contributed by atoms with Crippen molar-refractivity contribution in [1.29, 1.82) is 0 Å². The largest absolute Gasteiger partial charge is 0.458 e. The zero-order chi connectivity index (χ0) is 18.6. The number of hydrogen-bond donors (Lipinski definition) is 0. The monoisotopic (exact) mass is 344 g/mol. The highest BCUT2D eigenvalue weighted by Crippen LogP contribution is 2.62. The molecule has 0 aromatic heterocycles. The van der Waals surface area contributed by atoms with Crippen LogP contribution in [0.4, 0.5) is 0 Å². The maximum Gasteiger partial charge on any atom is 0.303 e. The third kappa shape index (κ3) is 2.80. The van der Waals surface area contributed by atoms with E-state index < -0.39 is 0 Å². The molecule has 0 aromatic carbocycles. The van der Waals surface area contributed by atoms with E-state index in [1.54, 1.807) is 0 Å². The van der Waals surface area contributed by atoms with Crippen molar-refractivity contribution in [2.45, 2.75) is 72.8 Å². The van der Waals surface area contributed by atoms with Crippen LogP contribution in [-0.2, 0) is 14.3 Å². The lowest BCUT2D eigenvalue weighted by atomic mass is 9.44. The van der Waals surface area contributed by atoms with Gasteiger partial charge in [-0.15, -0.1) is 6.58 Å². The van der Waals surface area contributed by atoms with Gasteiger partial charge in [-0.1, -0.05) is 39.8 Å².